The number of hydrogen-bond acceptors (Lipinski definition) is 4. The number of nitrogens with two attached hydrogens (primary N) is 1. The summed E-state index contributed by atoms with van der Waals surface area (Å²) in [6, 6.07) is 6.37. The Labute approximate surface area is 110 Å². The van der Waals surface area contributed by atoms with E-state index in [4.69, 9.17) is 5.73 Å². The highest BCUT2D eigenvalue weighted by atomic mass is 19.4. The maximum absolute atomic E-state index is 12.8. The van der Waals surface area contributed by atoms with Gasteiger partial charge in [-0.2, -0.15) is 22.8 Å². The molecule has 0 saturated carbocycles. The molecular formula is C12H8F3N5. The Morgan fingerprint density at radius 3 is 2.65 bits per heavy atom. The van der Waals surface area contributed by atoms with Gasteiger partial charge in [-0.3, -0.25) is 0 Å². The van der Waals surface area contributed by atoms with Gasteiger partial charge in [-0.25, -0.2) is 0 Å². The number of anilines is 1. The molecule has 0 aliphatic carbocycles. The molecule has 8 heteroatoms. The molecule has 0 amide bonds. The van der Waals surface area contributed by atoms with E-state index in [0.717, 1.165) is 12.1 Å². The number of rotatable bonds is 1. The maximum atomic E-state index is 12.8. The lowest BCUT2D eigenvalue weighted by atomic mass is 10.1. The third kappa shape index (κ3) is 1.94. The van der Waals surface area contributed by atoms with Crippen molar-refractivity contribution in [3.8, 4) is 11.4 Å². The molecule has 2 N–H and O–H groups in total. The molecule has 0 unspecified atom stereocenters. The number of fused-ring (bicyclic) bond motifs is 1. The quantitative estimate of drug-likeness (QED) is 0.694. The Morgan fingerprint density at radius 2 is 1.90 bits per heavy atom. The number of nitrogen functional groups attached to an aromatic ring is 1. The molecule has 20 heavy (non-hydrogen) atoms. The summed E-state index contributed by atoms with van der Waals surface area (Å²) in [5, 5.41) is 11.7. The third-order valence-electron chi connectivity index (χ3n) is 2.80. The van der Waals surface area contributed by atoms with E-state index < -0.39 is 11.7 Å². The molecule has 1 aromatic carbocycles. The minimum Gasteiger partial charge on any atom is -0.398 e. The summed E-state index contributed by atoms with van der Waals surface area (Å²) in [7, 11) is 0. The summed E-state index contributed by atoms with van der Waals surface area (Å²) in [5.74, 6) is 0.171. The van der Waals surface area contributed by atoms with E-state index in [1.54, 1.807) is 12.1 Å². The monoisotopic (exact) mass is 279 g/mol. The van der Waals surface area contributed by atoms with Crippen LogP contribution in [0.25, 0.3) is 17.0 Å². The van der Waals surface area contributed by atoms with Crippen molar-refractivity contribution >= 4 is 11.3 Å². The standard InChI is InChI=1S/C12H8F3N5/c13-12(14,15)7-3-4-9(16)8(6-7)11-19-18-10-2-1-5-17-20(10)11/h1-6H,16H2. The topological polar surface area (TPSA) is 69.1 Å². The lowest BCUT2D eigenvalue weighted by molar-refractivity contribution is -0.137. The summed E-state index contributed by atoms with van der Waals surface area (Å²) in [6.07, 6.45) is -2.96. The molecule has 0 radical (unpaired) electrons. The molecule has 0 aliphatic heterocycles. The largest absolute Gasteiger partial charge is 0.416 e. The van der Waals surface area contributed by atoms with Crippen molar-refractivity contribution in [3.05, 3.63) is 42.1 Å². The fraction of sp³-hybridized carbons (Fsp3) is 0.0833. The average molecular weight is 279 g/mol. The van der Waals surface area contributed by atoms with Gasteiger partial charge in [-0.1, -0.05) is 0 Å². The molecule has 0 atom stereocenters. The van der Waals surface area contributed by atoms with Crippen molar-refractivity contribution < 1.29 is 13.2 Å². The van der Waals surface area contributed by atoms with E-state index in [9.17, 15) is 13.2 Å². The molecule has 0 bridgehead atoms. The van der Waals surface area contributed by atoms with Gasteiger partial charge in [0.1, 0.15) is 0 Å². The minimum atomic E-state index is -4.45. The van der Waals surface area contributed by atoms with E-state index in [1.807, 2.05) is 0 Å². The zero-order chi connectivity index (χ0) is 14.3. The van der Waals surface area contributed by atoms with Gasteiger partial charge in [0.2, 0.25) is 0 Å². The first-order chi connectivity index (χ1) is 9.47. The number of alkyl halides is 3. The number of nitrogens with zero attached hydrogens (tertiary/aromatic N) is 4. The molecule has 0 saturated heterocycles. The first-order valence-corrected chi connectivity index (χ1v) is 5.60. The van der Waals surface area contributed by atoms with Crippen molar-refractivity contribution in [2.24, 2.45) is 0 Å². The molecule has 0 fully saturated rings. The highest BCUT2D eigenvalue weighted by Gasteiger charge is 2.31. The van der Waals surface area contributed by atoms with Gasteiger partial charge in [0, 0.05) is 17.4 Å². The number of halogens is 3. The molecule has 0 aliphatic rings. The third-order valence-corrected chi connectivity index (χ3v) is 2.80. The van der Waals surface area contributed by atoms with Crippen LogP contribution in [0.1, 0.15) is 5.56 Å². The second kappa shape index (κ2) is 4.19. The van der Waals surface area contributed by atoms with Crippen LogP contribution in [0.5, 0.6) is 0 Å². The van der Waals surface area contributed by atoms with Crippen LogP contribution in [-0.2, 0) is 6.18 Å². The number of benzene rings is 1. The van der Waals surface area contributed by atoms with Crippen LogP contribution in [0.3, 0.4) is 0 Å². The summed E-state index contributed by atoms with van der Waals surface area (Å²) < 4.78 is 39.6. The molecule has 2 heterocycles. The van der Waals surface area contributed by atoms with Gasteiger partial charge in [-0.05, 0) is 30.3 Å². The number of hydrogen-bond donors (Lipinski definition) is 1. The van der Waals surface area contributed by atoms with Crippen molar-refractivity contribution in [2.75, 3.05) is 5.73 Å². The second-order valence-electron chi connectivity index (χ2n) is 4.12. The zero-order valence-electron chi connectivity index (χ0n) is 9.96. The Morgan fingerprint density at radius 1 is 1.10 bits per heavy atom. The van der Waals surface area contributed by atoms with Crippen molar-refractivity contribution in [3.63, 3.8) is 0 Å². The summed E-state index contributed by atoms with van der Waals surface area (Å²) in [6.45, 7) is 0. The fourth-order valence-electron chi connectivity index (χ4n) is 1.84. The Hall–Kier alpha value is -2.64. The van der Waals surface area contributed by atoms with E-state index in [1.165, 1.54) is 16.8 Å². The maximum Gasteiger partial charge on any atom is 0.416 e. The minimum absolute atomic E-state index is 0.144. The average Bonchev–Trinajstić information content (AvgIpc) is 2.82. The van der Waals surface area contributed by atoms with Crippen molar-refractivity contribution in [2.45, 2.75) is 6.18 Å². The Bertz CT molecular complexity index is 778. The van der Waals surface area contributed by atoms with Crippen LogP contribution >= 0.6 is 0 Å². The zero-order valence-corrected chi connectivity index (χ0v) is 9.96. The Kier molecular flexibility index (Phi) is 2.60. The van der Waals surface area contributed by atoms with Crippen LogP contribution in [-0.4, -0.2) is 19.8 Å². The fourth-order valence-corrected chi connectivity index (χ4v) is 1.84. The lowest BCUT2D eigenvalue weighted by Crippen LogP contribution is -2.06. The smallest absolute Gasteiger partial charge is 0.398 e. The molecule has 0 spiro atoms. The molecule has 3 aromatic rings. The number of aromatic nitrogens is 4. The summed E-state index contributed by atoms with van der Waals surface area (Å²) >= 11 is 0. The van der Waals surface area contributed by atoms with E-state index in [2.05, 4.69) is 15.3 Å². The van der Waals surface area contributed by atoms with Crippen LogP contribution < -0.4 is 5.73 Å². The summed E-state index contributed by atoms with van der Waals surface area (Å²) in [5.41, 5.74) is 5.69. The van der Waals surface area contributed by atoms with Crippen LogP contribution in [0.2, 0.25) is 0 Å². The van der Waals surface area contributed by atoms with Gasteiger partial charge in [0.15, 0.2) is 11.5 Å². The predicted molar refractivity (Wildman–Crippen MR) is 65.6 cm³/mol. The second-order valence-corrected chi connectivity index (χ2v) is 4.12. The van der Waals surface area contributed by atoms with Crippen LogP contribution in [0.15, 0.2) is 36.5 Å². The Balaban J connectivity index is 2.24. The van der Waals surface area contributed by atoms with Gasteiger partial charge in [0.05, 0.1) is 5.56 Å². The highest BCUT2D eigenvalue weighted by Crippen LogP contribution is 2.34. The van der Waals surface area contributed by atoms with Crippen molar-refractivity contribution in [1.82, 2.24) is 19.8 Å². The molecule has 5 nitrogen and oxygen atoms in total. The summed E-state index contributed by atoms with van der Waals surface area (Å²) in [4.78, 5) is 0. The SMILES string of the molecule is Nc1ccc(C(F)(F)F)cc1-c1nnc2cccnn12. The first-order valence-electron chi connectivity index (χ1n) is 5.60. The predicted octanol–water partition coefficient (Wildman–Crippen LogP) is 2.39. The molecule has 102 valence electrons. The molecule has 2 aromatic heterocycles. The van der Waals surface area contributed by atoms with Gasteiger partial charge in [-0.15, -0.1) is 10.2 Å². The van der Waals surface area contributed by atoms with Gasteiger partial charge in [0.25, 0.3) is 0 Å². The van der Waals surface area contributed by atoms with E-state index >= 15 is 0 Å². The van der Waals surface area contributed by atoms with Crippen molar-refractivity contribution in [1.29, 1.82) is 0 Å². The van der Waals surface area contributed by atoms with E-state index in [-0.39, 0.29) is 17.1 Å². The highest BCUT2D eigenvalue weighted by molar-refractivity contribution is 5.73. The lowest BCUT2D eigenvalue weighted by Gasteiger charge is -2.09. The van der Waals surface area contributed by atoms with E-state index in [0.29, 0.717) is 5.65 Å². The van der Waals surface area contributed by atoms with Gasteiger partial charge >= 0.3 is 6.18 Å². The first kappa shape index (κ1) is 12.4. The van der Waals surface area contributed by atoms with Gasteiger partial charge < -0.3 is 5.73 Å². The molecular weight excluding hydrogens is 271 g/mol. The normalized spacial score (nSPS) is 11.9. The van der Waals surface area contributed by atoms with Crippen LogP contribution in [0.4, 0.5) is 18.9 Å². The van der Waals surface area contributed by atoms with Crippen LogP contribution in [0, 0.1) is 0 Å². The molecule has 3 rings (SSSR count).